The minimum atomic E-state index is -0.130. The molecule has 8 nitrogen and oxygen atoms in total. The van der Waals surface area contributed by atoms with Crippen LogP contribution in [-0.4, -0.2) is 77.0 Å². The number of anilines is 1. The van der Waals surface area contributed by atoms with Gasteiger partial charge in [-0.05, 0) is 44.9 Å². The number of nitrogens with zero attached hydrogens (tertiary/aromatic N) is 5. The smallest absolute Gasteiger partial charge is 0.307 e. The van der Waals surface area contributed by atoms with Crippen molar-refractivity contribution in [3.05, 3.63) is 30.1 Å². The van der Waals surface area contributed by atoms with Gasteiger partial charge in [-0.2, -0.15) is 0 Å². The van der Waals surface area contributed by atoms with E-state index < -0.39 is 0 Å². The van der Waals surface area contributed by atoms with Crippen molar-refractivity contribution in [2.24, 2.45) is 0 Å². The van der Waals surface area contributed by atoms with E-state index in [1.54, 1.807) is 6.92 Å². The highest BCUT2D eigenvalue weighted by molar-refractivity contribution is 5.89. The Balaban J connectivity index is 1.58. The lowest BCUT2D eigenvalue weighted by Crippen LogP contribution is -2.41. The van der Waals surface area contributed by atoms with Gasteiger partial charge in [-0.1, -0.05) is 18.6 Å². The average Bonchev–Trinajstić information content (AvgIpc) is 3.06. The van der Waals surface area contributed by atoms with E-state index in [2.05, 4.69) is 15.9 Å². The molecule has 0 bridgehead atoms. The van der Waals surface area contributed by atoms with Crippen molar-refractivity contribution in [3.8, 4) is 0 Å². The number of hydrogen-bond donors (Lipinski definition) is 0. The fraction of sp³-hybridized carbons (Fsp3) is 0.600. The zero-order valence-electron chi connectivity index (χ0n) is 19.8. The van der Waals surface area contributed by atoms with Crippen LogP contribution in [0.25, 0.3) is 10.9 Å². The minimum absolute atomic E-state index is 0.128. The summed E-state index contributed by atoms with van der Waals surface area (Å²) >= 11 is 0. The maximum atomic E-state index is 12.1. The fourth-order valence-electron chi connectivity index (χ4n) is 4.96. The number of carbonyl (C=O) groups excluding carboxylic acids is 2. The number of carbonyl (C=O) groups is 2. The van der Waals surface area contributed by atoms with Gasteiger partial charge in [0.2, 0.25) is 5.91 Å². The summed E-state index contributed by atoms with van der Waals surface area (Å²) in [5.74, 6) is 1.73. The first-order chi connectivity index (χ1) is 16.0. The van der Waals surface area contributed by atoms with Crippen molar-refractivity contribution in [2.75, 3.05) is 44.2 Å². The summed E-state index contributed by atoms with van der Waals surface area (Å²) in [5, 5.41) is 1.04. The number of benzene rings is 1. The summed E-state index contributed by atoms with van der Waals surface area (Å²) in [4.78, 5) is 40.5. The van der Waals surface area contributed by atoms with Gasteiger partial charge >= 0.3 is 5.97 Å². The predicted molar refractivity (Wildman–Crippen MR) is 128 cm³/mol. The van der Waals surface area contributed by atoms with Crippen molar-refractivity contribution in [1.82, 2.24) is 19.8 Å². The molecule has 2 saturated heterocycles. The van der Waals surface area contributed by atoms with E-state index in [0.717, 1.165) is 74.4 Å². The first-order valence-electron chi connectivity index (χ1n) is 12.2. The Labute approximate surface area is 195 Å². The van der Waals surface area contributed by atoms with E-state index in [0.29, 0.717) is 26.1 Å². The first-order valence-corrected chi connectivity index (χ1v) is 12.2. The fourth-order valence-corrected chi connectivity index (χ4v) is 4.96. The Hall–Kier alpha value is -2.74. The summed E-state index contributed by atoms with van der Waals surface area (Å²) < 4.78 is 5.21. The molecule has 1 atom stereocenters. The van der Waals surface area contributed by atoms with Crippen molar-refractivity contribution in [2.45, 2.75) is 58.5 Å². The molecule has 2 aliphatic heterocycles. The molecule has 178 valence electrons. The Kier molecular flexibility index (Phi) is 7.75. The third-order valence-corrected chi connectivity index (χ3v) is 6.67. The molecule has 2 aromatic rings. The quantitative estimate of drug-likeness (QED) is 0.622. The van der Waals surface area contributed by atoms with Gasteiger partial charge in [0.25, 0.3) is 0 Å². The number of ether oxygens (including phenoxy) is 1. The molecule has 0 saturated carbocycles. The van der Waals surface area contributed by atoms with Crippen LogP contribution in [0, 0.1) is 0 Å². The van der Waals surface area contributed by atoms with Crippen LogP contribution in [0.5, 0.6) is 0 Å². The van der Waals surface area contributed by atoms with Gasteiger partial charge < -0.3 is 14.5 Å². The molecule has 1 aromatic heterocycles. The van der Waals surface area contributed by atoms with E-state index in [-0.39, 0.29) is 17.9 Å². The van der Waals surface area contributed by atoms with Crippen molar-refractivity contribution in [3.63, 3.8) is 0 Å². The number of para-hydroxylation sites is 1. The Morgan fingerprint density at radius 2 is 1.88 bits per heavy atom. The molecular formula is C25H35N5O3. The highest BCUT2D eigenvalue weighted by Gasteiger charge is 2.27. The van der Waals surface area contributed by atoms with E-state index in [9.17, 15) is 9.59 Å². The largest absolute Gasteiger partial charge is 0.466 e. The lowest BCUT2D eigenvalue weighted by molar-refractivity contribution is -0.145. The van der Waals surface area contributed by atoms with E-state index in [1.807, 2.05) is 30.0 Å². The van der Waals surface area contributed by atoms with Crippen LogP contribution in [0.3, 0.4) is 0 Å². The third kappa shape index (κ3) is 5.79. The second-order valence-electron chi connectivity index (χ2n) is 8.96. The number of rotatable bonds is 6. The van der Waals surface area contributed by atoms with Gasteiger partial charge in [-0.15, -0.1) is 0 Å². The Morgan fingerprint density at radius 3 is 2.70 bits per heavy atom. The molecule has 0 radical (unpaired) electrons. The highest BCUT2D eigenvalue weighted by Crippen LogP contribution is 2.27. The lowest BCUT2D eigenvalue weighted by atomic mass is 9.99. The van der Waals surface area contributed by atoms with Gasteiger partial charge in [0.15, 0.2) is 0 Å². The SMILES string of the molecule is CCOC(=O)C[C@H]1CCCCN1Cc1nc(N2CCCN(C(C)=O)CC2)c2ccccc2n1. The monoisotopic (exact) mass is 453 g/mol. The van der Waals surface area contributed by atoms with Crippen LogP contribution < -0.4 is 4.90 Å². The minimum Gasteiger partial charge on any atom is -0.466 e. The van der Waals surface area contributed by atoms with Crippen molar-refractivity contribution >= 4 is 28.6 Å². The lowest BCUT2D eigenvalue weighted by Gasteiger charge is -2.35. The topological polar surface area (TPSA) is 78.9 Å². The molecule has 2 fully saturated rings. The summed E-state index contributed by atoms with van der Waals surface area (Å²) in [6.07, 6.45) is 4.58. The maximum absolute atomic E-state index is 12.1. The first kappa shape index (κ1) is 23.4. The molecule has 0 unspecified atom stereocenters. The standard InChI is InChI=1S/C25H35N5O3/c1-3-33-24(32)17-20-9-6-7-12-30(20)18-23-26-22-11-5-4-10-21(22)25(27-23)29-14-8-13-28(15-16-29)19(2)31/h4-5,10-11,20H,3,6-9,12-18H2,1-2H3/t20-/m1/s1. The maximum Gasteiger partial charge on any atom is 0.307 e. The van der Waals surface area contributed by atoms with E-state index in [1.165, 1.54) is 0 Å². The van der Waals surface area contributed by atoms with E-state index in [4.69, 9.17) is 14.7 Å². The molecule has 0 N–H and O–H groups in total. The molecule has 0 spiro atoms. The molecule has 33 heavy (non-hydrogen) atoms. The molecule has 2 aliphatic rings. The average molecular weight is 454 g/mol. The number of piperidine rings is 1. The van der Waals surface area contributed by atoms with Crippen LogP contribution in [0.1, 0.15) is 51.8 Å². The predicted octanol–water partition coefficient (Wildman–Crippen LogP) is 3.00. The number of hydrogen-bond acceptors (Lipinski definition) is 7. The molecule has 1 aromatic carbocycles. The Morgan fingerprint density at radius 1 is 1.03 bits per heavy atom. The number of likely N-dealkylation sites (tertiary alicyclic amines) is 1. The number of esters is 1. The molecule has 8 heteroatoms. The van der Waals surface area contributed by atoms with Crippen LogP contribution in [0.4, 0.5) is 5.82 Å². The molecule has 3 heterocycles. The van der Waals surface area contributed by atoms with Gasteiger partial charge in [0.05, 0.1) is 25.1 Å². The van der Waals surface area contributed by atoms with Gasteiger partial charge in [0, 0.05) is 44.5 Å². The van der Waals surface area contributed by atoms with Gasteiger partial charge in [0.1, 0.15) is 11.6 Å². The third-order valence-electron chi connectivity index (χ3n) is 6.67. The van der Waals surface area contributed by atoms with Gasteiger partial charge in [-0.3, -0.25) is 14.5 Å². The number of aromatic nitrogens is 2. The molecule has 1 amide bonds. The van der Waals surface area contributed by atoms with Crippen LogP contribution in [0.15, 0.2) is 24.3 Å². The van der Waals surface area contributed by atoms with Crippen molar-refractivity contribution in [1.29, 1.82) is 0 Å². The van der Waals surface area contributed by atoms with Gasteiger partial charge in [-0.25, -0.2) is 9.97 Å². The number of amides is 1. The van der Waals surface area contributed by atoms with Crippen LogP contribution in [-0.2, 0) is 20.9 Å². The second-order valence-corrected chi connectivity index (χ2v) is 8.96. The zero-order chi connectivity index (χ0) is 23.2. The van der Waals surface area contributed by atoms with Crippen LogP contribution >= 0.6 is 0 Å². The molecule has 4 rings (SSSR count). The molecule has 0 aliphatic carbocycles. The van der Waals surface area contributed by atoms with E-state index >= 15 is 0 Å². The molecular weight excluding hydrogens is 418 g/mol. The summed E-state index contributed by atoms with van der Waals surface area (Å²) in [7, 11) is 0. The highest BCUT2D eigenvalue weighted by atomic mass is 16.5. The second kappa shape index (κ2) is 10.9. The van der Waals surface area contributed by atoms with Crippen LogP contribution in [0.2, 0.25) is 0 Å². The number of fused-ring (bicyclic) bond motifs is 1. The summed E-state index contributed by atoms with van der Waals surface area (Å²) in [5.41, 5.74) is 0.934. The van der Waals surface area contributed by atoms with Crippen molar-refractivity contribution < 1.29 is 14.3 Å². The Bertz CT molecular complexity index is 982. The summed E-state index contributed by atoms with van der Waals surface area (Å²) in [6.45, 7) is 8.57. The zero-order valence-corrected chi connectivity index (χ0v) is 19.8. The summed E-state index contributed by atoms with van der Waals surface area (Å²) in [6, 6.07) is 8.31. The normalized spacial score (nSPS) is 20.0.